The lowest BCUT2D eigenvalue weighted by Gasteiger charge is -2.27. The van der Waals surface area contributed by atoms with Crippen LogP contribution in [0.15, 0.2) is 0 Å². The summed E-state index contributed by atoms with van der Waals surface area (Å²) >= 11 is 0. The van der Waals surface area contributed by atoms with Crippen LogP contribution in [0.2, 0.25) is 0 Å². The molecule has 0 bridgehead atoms. The summed E-state index contributed by atoms with van der Waals surface area (Å²) in [6.45, 7) is 10.1. The number of amides is 3. The van der Waals surface area contributed by atoms with Crippen LogP contribution < -0.4 is 21.7 Å². The van der Waals surface area contributed by atoms with Crippen LogP contribution in [-0.4, -0.2) is 53.0 Å². The van der Waals surface area contributed by atoms with E-state index in [1.165, 1.54) is 13.8 Å². The van der Waals surface area contributed by atoms with E-state index in [-0.39, 0.29) is 11.8 Å². The number of rotatable bonds is 10. The van der Waals surface area contributed by atoms with E-state index in [0.29, 0.717) is 6.42 Å². The molecule has 0 aliphatic heterocycles. The quantitative estimate of drug-likeness (QED) is 0.352. The molecule has 0 rings (SSSR count). The minimum absolute atomic E-state index is 0.123. The van der Waals surface area contributed by atoms with Gasteiger partial charge in [0.25, 0.3) is 0 Å². The zero-order valence-corrected chi connectivity index (χ0v) is 16.3. The summed E-state index contributed by atoms with van der Waals surface area (Å²) in [5, 5.41) is 16.5. The molecule has 0 aromatic rings. The van der Waals surface area contributed by atoms with Gasteiger partial charge >= 0.3 is 5.97 Å². The second-order valence-electron chi connectivity index (χ2n) is 7.28. The number of carbonyl (C=O) groups excluding carboxylic acids is 3. The van der Waals surface area contributed by atoms with Crippen molar-refractivity contribution in [2.24, 2.45) is 17.6 Å². The number of nitrogens with one attached hydrogen (secondary N) is 3. The van der Waals surface area contributed by atoms with E-state index in [0.717, 1.165) is 0 Å². The summed E-state index contributed by atoms with van der Waals surface area (Å²) in [4.78, 5) is 47.7. The molecule has 26 heavy (non-hydrogen) atoms. The van der Waals surface area contributed by atoms with Gasteiger partial charge in [0.05, 0.1) is 6.04 Å². The molecule has 9 nitrogen and oxygen atoms in total. The number of hydrogen-bond donors (Lipinski definition) is 5. The lowest BCUT2D eigenvalue weighted by Crippen LogP contribution is -2.58. The normalized spacial score (nSPS) is 15.7. The van der Waals surface area contributed by atoms with Crippen LogP contribution in [0.25, 0.3) is 0 Å². The largest absolute Gasteiger partial charge is 0.480 e. The van der Waals surface area contributed by atoms with Crippen molar-refractivity contribution in [3.05, 3.63) is 0 Å². The summed E-state index contributed by atoms with van der Waals surface area (Å²) in [5.41, 5.74) is 5.53. The van der Waals surface area contributed by atoms with Gasteiger partial charge in [-0.2, -0.15) is 0 Å². The Labute approximate surface area is 154 Å². The Kier molecular flexibility index (Phi) is 9.85. The number of carbonyl (C=O) groups is 4. The molecule has 0 aromatic carbocycles. The molecule has 0 saturated carbocycles. The highest BCUT2D eigenvalue weighted by Crippen LogP contribution is 2.08. The molecule has 0 fully saturated rings. The number of carboxylic acid groups (broad SMARTS) is 1. The van der Waals surface area contributed by atoms with Gasteiger partial charge in [-0.3, -0.25) is 19.2 Å². The van der Waals surface area contributed by atoms with Gasteiger partial charge in [-0.1, -0.05) is 27.7 Å². The third-order valence-electron chi connectivity index (χ3n) is 3.73. The third-order valence-corrected chi connectivity index (χ3v) is 3.73. The van der Waals surface area contributed by atoms with Gasteiger partial charge < -0.3 is 26.8 Å². The molecule has 150 valence electrons. The van der Waals surface area contributed by atoms with Gasteiger partial charge in [-0.25, -0.2) is 0 Å². The predicted octanol–water partition coefficient (Wildman–Crippen LogP) is -0.405. The molecule has 0 aliphatic rings. The van der Waals surface area contributed by atoms with E-state index >= 15 is 0 Å². The SMILES string of the molecule is CC(C)CC(NC(=O)C(C)N)C(=O)NC(C(=O)NC(C)C(=O)O)C(C)C. The first-order valence-corrected chi connectivity index (χ1v) is 8.76. The van der Waals surface area contributed by atoms with Crippen molar-refractivity contribution in [3.63, 3.8) is 0 Å². The molecule has 0 radical (unpaired) electrons. The lowest BCUT2D eigenvalue weighted by molar-refractivity contribution is -0.142. The summed E-state index contributed by atoms with van der Waals surface area (Å²) in [7, 11) is 0. The van der Waals surface area contributed by atoms with Crippen molar-refractivity contribution in [1.29, 1.82) is 0 Å². The van der Waals surface area contributed by atoms with Crippen LogP contribution in [0.1, 0.15) is 48.0 Å². The Morgan fingerprint density at radius 1 is 0.846 bits per heavy atom. The Morgan fingerprint density at radius 3 is 1.77 bits per heavy atom. The van der Waals surface area contributed by atoms with Gasteiger partial charge in [-0.05, 0) is 32.1 Å². The monoisotopic (exact) mass is 372 g/mol. The number of aliphatic carboxylic acids is 1. The Hall–Kier alpha value is -2.16. The van der Waals surface area contributed by atoms with Gasteiger partial charge in [0.15, 0.2) is 0 Å². The molecule has 0 spiro atoms. The number of hydrogen-bond acceptors (Lipinski definition) is 5. The van der Waals surface area contributed by atoms with E-state index in [1.807, 2.05) is 13.8 Å². The van der Waals surface area contributed by atoms with Crippen molar-refractivity contribution >= 4 is 23.7 Å². The maximum atomic E-state index is 12.6. The van der Waals surface area contributed by atoms with Gasteiger partial charge in [0.1, 0.15) is 18.1 Å². The molecule has 4 unspecified atom stereocenters. The summed E-state index contributed by atoms with van der Waals surface area (Å²) in [5.74, 6) is -2.89. The van der Waals surface area contributed by atoms with Crippen LogP contribution >= 0.6 is 0 Å². The fourth-order valence-corrected chi connectivity index (χ4v) is 2.16. The standard InChI is InChI=1S/C17H32N4O5/c1-8(2)7-12(20-14(22)10(5)18)15(23)21-13(9(3)4)16(24)19-11(6)17(25)26/h8-13H,7,18H2,1-6H3,(H,19,24)(H,20,22)(H,21,23)(H,25,26). The summed E-state index contributed by atoms with van der Waals surface area (Å²) in [6, 6.07) is -3.60. The zero-order chi connectivity index (χ0) is 20.6. The third kappa shape index (κ3) is 8.28. The zero-order valence-electron chi connectivity index (χ0n) is 16.3. The molecule has 0 heterocycles. The van der Waals surface area contributed by atoms with E-state index in [4.69, 9.17) is 10.8 Å². The molecule has 0 aliphatic carbocycles. The van der Waals surface area contributed by atoms with Crippen molar-refractivity contribution in [3.8, 4) is 0 Å². The highest BCUT2D eigenvalue weighted by Gasteiger charge is 2.30. The second-order valence-corrected chi connectivity index (χ2v) is 7.28. The highest BCUT2D eigenvalue weighted by molar-refractivity contribution is 5.94. The first kappa shape index (κ1) is 23.8. The highest BCUT2D eigenvalue weighted by atomic mass is 16.4. The number of nitrogens with two attached hydrogens (primary N) is 1. The Balaban J connectivity index is 5.19. The van der Waals surface area contributed by atoms with E-state index in [1.54, 1.807) is 13.8 Å². The smallest absolute Gasteiger partial charge is 0.325 e. The van der Waals surface area contributed by atoms with Crippen molar-refractivity contribution in [1.82, 2.24) is 16.0 Å². The minimum Gasteiger partial charge on any atom is -0.480 e. The van der Waals surface area contributed by atoms with Crippen LogP contribution in [0.5, 0.6) is 0 Å². The molecule has 0 aromatic heterocycles. The van der Waals surface area contributed by atoms with E-state index < -0.39 is 47.9 Å². The molecule has 4 atom stereocenters. The first-order valence-electron chi connectivity index (χ1n) is 8.76. The fraction of sp³-hybridized carbons (Fsp3) is 0.765. The van der Waals surface area contributed by atoms with Crippen molar-refractivity contribution in [2.75, 3.05) is 0 Å². The maximum absolute atomic E-state index is 12.6. The first-order chi connectivity index (χ1) is 11.9. The van der Waals surface area contributed by atoms with Gasteiger partial charge in [0, 0.05) is 0 Å². The fourth-order valence-electron chi connectivity index (χ4n) is 2.16. The van der Waals surface area contributed by atoms with Crippen LogP contribution in [0.3, 0.4) is 0 Å². The summed E-state index contributed by atoms with van der Waals surface area (Å²) in [6.07, 6.45) is 0.377. The second kappa shape index (κ2) is 10.7. The average Bonchev–Trinajstić information content (AvgIpc) is 2.50. The molecular formula is C17H32N4O5. The van der Waals surface area contributed by atoms with Gasteiger partial charge in [-0.15, -0.1) is 0 Å². The van der Waals surface area contributed by atoms with Crippen LogP contribution in [0, 0.1) is 11.8 Å². The minimum atomic E-state index is -1.17. The topological polar surface area (TPSA) is 151 Å². The van der Waals surface area contributed by atoms with Crippen molar-refractivity contribution < 1.29 is 24.3 Å². The Bertz CT molecular complexity index is 519. The molecule has 6 N–H and O–H groups in total. The summed E-state index contributed by atoms with van der Waals surface area (Å²) < 4.78 is 0. The maximum Gasteiger partial charge on any atom is 0.325 e. The molecule has 3 amide bonds. The molecular weight excluding hydrogens is 340 g/mol. The molecule has 0 saturated heterocycles. The van der Waals surface area contributed by atoms with Gasteiger partial charge in [0.2, 0.25) is 17.7 Å². The van der Waals surface area contributed by atoms with E-state index in [9.17, 15) is 19.2 Å². The lowest BCUT2D eigenvalue weighted by atomic mass is 9.99. The van der Waals surface area contributed by atoms with E-state index in [2.05, 4.69) is 16.0 Å². The number of carboxylic acids is 1. The predicted molar refractivity (Wildman–Crippen MR) is 97.0 cm³/mol. The Morgan fingerprint density at radius 2 is 1.38 bits per heavy atom. The molecule has 9 heteroatoms. The van der Waals surface area contributed by atoms with Crippen LogP contribution in [0.4, 0.5) is 0 Å². The van der Waals surface area contributed by atoms with Crippen molar-refractivity contribution in [2.45, 2.75) is 72.1 Å². The van der Waals surface area contributed by atoms with Crippen LogP contribution in [-0.2, 0) is 19.2 Å². The average molecular weight is 372 g/mol.